The van der Waals surface area contributed by atoms with Crippen LogP contribution in [-0.2, 0) is 0 Å². The van der Waals surface area contributed by atoms with E-state index in [0.717, 1.165) is 6.42 Å². The van der Waals surface area contributed by atoms with Crippen molar-refractivity contribution in [2.75, 3.05) is 0 Å². The molecule has 0 bridgehead atoms. The van der Waals surface area contributed by atoms with E-state index in [-0.39, 0.29) is 5.78 Å². The average molecular weight is 220 g/mol. The van der Waals surface area contributed by atoms with Gasteiger partial charge in [0.15, 0.2) is 5.78 Å². The third kappa shape index (κ3) is 2.70. The zero-order chi connectivity index (χ0) is 12.2. The van der Waals surface area contributed by atoms with Crippen molar-refractivity contribution in [3.63, 3.8) is 0 Å². The molecule has 0 aromatic heterocycles. The third-order valence-electron chi connectivity index (χ3n) is 3.02. The van der Waals surface area contributed by atoms with Crippen LogP contribution in [0.4, 0.5) is 0 Å². The van der Waals surface area contributed by atoms with Crippen molar-refractivity contribution in [2.24, 2.45) is 5.41 Å². The highest BCUT2D eigenvalue weighted by atomic mass is 16.3. The number of carbonyl (C=O) groups is 1. The van der Waals surface area contributed by atoms with E-state index >= 15 is 0 Å². The van der Waals surface area contributed by atoms with Gasteiger partial charge in [-0.15, -0.1) is 0 Å². The maximum atomic E-state index is 12.2. The maximum Gasteiger partial charge on any atom is 0.171 e. The topological polar surface area (TPSA) is 37.3 Å². The molecule has 0 saturated heterocycles. The fourth-order valence-corrected chi connectivity index (χ4v) is 1.75. The second-order valence-corrected chi connectivity index (χ2v) is 4.72. The van der Waals surface area contributed by atoms with Gasteiger partial charge in [0, 0.05) is 5.56 Å². The summed E-state index contributed by atoms with van der Waals surface area (Å²) in [6.45, 7) is 5.62. The number of aliphatic hydroxyl groups excluding tert-OH is 1. The van der Waals surface area contributed by atoms with Crippen LogP contribution in [0.5, 0.6) is 0 Å². The minimum Gasteiger partial charge on any atom is -0.392 e. The molecule has 2 heteroatoms. The molecule has 0 aliphatic rings. The standard InChI is InChI=1S/C14H20O2/c1-4-8-12(15)14(2,3)13(16)11-9-6-5-7-10-11/h5-7,9-10,12,15H,4,8H2,1-3H3. The van der Waals surface area contributed by atoms with Crippen molar-refractivity contribution in [2.45, 2.75) is 39.7 Å². The van der Waals surface area contributed by atoms with E-state index in [0.29, 0.717) is 12.0 Å². The summed E-state index contributed by atoms with van der Waals surface area (Å²) in [6, 6.07) is 9.16. The Morgan fingerprint density at radius 2 is 1.88 bits per heavy atom. The zero-order valence-corrected chi connectivity index (χ0v) is 10.2. The first kappa shape index (κ1) is 12.9. The summed E-state index contributed by atoms with van der Waals surface area (Å²) < 4.78 is 0. The molecule has 1 aromatic rings. The first-order chi connectivity index (χ1) is 7.50. The predicted octanol–water partition coefficient (Wildman–Crippen LogP) is 3.06. The van der Waals surface area contributed by atoms with Crippen molar-refractivity contribution >= 4 is 5.78 Å². The number of carbonyl (C=O) groups excluding carboxylic acids is 1. The lowest BCUT2D eigenvalue weighted by Gasteiger charge is -2.28. The van der Waals surface area contributed by atoms with Crippen molar-refractivity contribution in [1.29, 1.82) is 0 Å². The predicted molar refractivity (Wildman–Crippen MR) is 65.5 cm³/mol. The lowest BCUT2D eigenvalue weighted by atomic mass is 9.77. The minimum atomic E-state index is -0.711. The van der Waals surface area contributed by atoms with Crippen LogP contribution in [0, 0.1) is 5.41 Å². The lowest BCUT2D eigenvalue weighted by Crippen LogP contribution is -2.37. The van der Waals surface area contributed by atoms with Gasteiger partial charge >= 0.3 is 0 Å². The molecule has 0 saturated carbocycles. The Kier molecular flexibility index (Phi) is 4.25. The molecule has 0 amide bonds. The third-order valence-corrected chi connectivity index (χ3v) is 3.02. The zero-order valence-electron chi connectivity index (χ0n) is 10.2. The van der Waals surface area contributed by atoms with Crippen LogP contribution in [0.15, 0.2) is 30.3 Å². The fourth-order valence-electron chi connectivity index (χ4n) is 1.75. The smallest absolute Gasteiger partial charge is 0.171 e. The second-order valence-electron chi connectivity index (χ2n) is 4.72. The van der Waals surface area contributed by atoms with Gasteiger partial charge in [-0.2, -0.15) is 0 Å². The van der Waals surface area contributed by atoms with Crippen molar-refractivity contribution in [3.05, 3.63) is 35.9 Å². The summed E-state index contributed by atoms with van der Waals surface area (Å²) >= 11 is 0. The molecule has 1 N–H and O–H groups in total. The van der Waals surface area contributed by atoms with Crippen LogP contribution >= 0.6 is 0 Å². The summed E-state index contributed by atoms with van der Waals surface area (Å²) in [7, 11) is 0. The molecule has 1 unspecified atom stereocenters. The van der Waals surface area contributed by atoms with E-state index in [4.69, 9.17) is 0 Å². The molecule has 0 spiro atoms. The summed E-state index contributed by atoms with van der Waals surface area (Å²) in [5.41, 5.74) is -0.0418. The highest BCUT2D eigenvalue weighted by Crippen LogP contribution is 2.28. The largest absolute Gasteiger partial charge is 0.392 e. The maximum absolute atomic E-state index is 12.2. The van der Waals surface area contributed by atoms with Gasteiger partial charge in [-0.05, 0) is 6.42 Å². The monoisotopic (exact) mass is 220 g/mol. The Morgan fingerprint density at radius 3 is 2.38 bits per heavy atom. The number of aliphatic hydroxyl groups is 1. The van der Waals surface area contributed by atoms with Gasteiger partial charge in [-0.25, -0.2) is 0 Å². The molecule has 1 aromatic carbocycles. The van der Waals surface area contributed by atoms with Crippen LogP contribution < -0.4 is 0 Å². The minimum absolute atomic E-state index is 0.00838. The Labute approximate surface area is 97.3 Å². The van der Waals surface area contributed by atoms with E-state index in [1.807, 2.05) is 39.0 Å². The van der Waals surface area contributed by atoms with Crippen LogP contribution in [0.25, 0.3) is 0 Å². The molecule has 2 nitrogen and oxygen atoms in total. The van der Waals surface area contributed by atoms with E-state index in [2.05, 4.69) is 0 Å². The molecule has 0 fully saturated rings. The van der Waals surface area contributed by atoms with Crippen molar-refractivity contribution in [3.8, 4) is 0 Å². The molecule has 0 radical (unpaired) electrons. The first-order valence-electron chi connectivity index (χ1n) is 5.78. The van der Waals surface area contributed by atoms with Gasteiger partial charge < -0.3 is 5.11 Å². The Morgan fingerprint density at radius 1 is 1.31 bits per heavy atom. The van der Waals surface area contributed by atoms with Gasteiger partial charge in [-0.3, -0.25) is 4.79 Å². The number of ketones is 1. The molecular formula is C14H20O2. The van der Waals surface area contributed by atoms with E-state index in [9.17, 15) is 9.90 Å². The highest BCUT2D eigenvalue weighted by molar-refractivity contribution is 6.00. The second kappa shape index (κ2) is 5.26. The van der Waals surface area contributed by atoms with Crippen LogP contribution in [-0.4, -0.2) is 17.0 Å². The van der Waals surface area contributed by atoms with Gasteiger partial charge in [0.2, 0.25) is 0 Å². The molecule has 1 atom stereocenters. The van der Waals surface area contributed by atoms with Crippen LogP contribution in [0.1, 0.15) is 44.0 Å². The summed E-state index contributed by atoms with van der Waals surface area (Å²) in [5.74, 6) is 0.00838. The SMILES string of the molecule is CCCC(O)C(C)(C)C(=O)c1ccccc1. The summed E-state index contributed by atoms with van der Waals surface area (Å²) in [5, 5.41) is 9.99. The number of hydrogen-bond donors (Lipinski definition) is 1. The van der Waals surface area contributed by atoms with E-state index < -0.39 is 11.5 Å². The summed E-state index contributed by atoms with van der Waals surface area (Å²) in [6.07, 6.45) is 0.961. The van der Waals surface area contributed by atoms with Crippen LogP contribution in [0.3, 0.4) is 0 Å². The molecule has 0 aliphatic heterocycles. The van der Waals surface area contributed by atoms with Crippen molar-refractivity contribution in [1.82, 2.24) is 0 Å². The Bertz CT molecular complexity index is 341. The molecule has 0 aliphatic carbocycles. The number of hydrogen-bond acceptors (Lipinski definition) is 2. The number of benzene rings is 1. The average Bonchev–Trinajstić information content (AvgIpc) is 2.29. The van der Waals surface area contributed by atoms with E-state index in [1.54, 1.807) is 12.1 Å². The molecule has 1 rings (SSSR count). The molecule has 88 valence electrons. The van der Waals surface area contributed by atoms with Crippen LogP contribution in [0.2, 0.25) is 0 Å². The molecule has 16 heavy (non-hydrogen) atoms. The number of Topliss-reactive ketones (excluding diaryl/α,β-unsaturated/α-hetero) is 1. The Hall–Kier alpha value is -1.15. The van der Waals surface area contributed by atoms with Gasteiger partial charge in [-0.1, -0.05) is 57.5 Å². The highest BCUT2D eigenvalue weighted by Gasteiger charge is 2.35. The van der Waals surface area contributed by atoms with Gasteiger partial charge in [0.1, 0.15) is 0 Å². The van der Waals surface area contributed by atoms with Gasteiger partial charge in [0.25, 0.3) is 0 Å². The first-order valence-corrected chi connectivity index (χ1v) is 5.78. The van der Waals surface area contributed by atoms with Gasteiger partial charge in [0.05, 0.1) is 11.5 Å². The van der Waals surface area contributed by atoms with E-state index in [1.165, 1.54) is 0 Å². The quantitative estimate of drug-likeness (QED) is 0.774. The normalized spacial score (nSPS) is 13.5. The molecular weight excluding hydrogens is 200 g/mol. The Balaban J connectivity index is 2.88. The fraction of sp³-hybridized carbons (Fsp3) is 0.500. The number of rotatable bonds is 5. The lowest BCUT2D eigenvalue weighted by molar-refractivity contribution is 0.0355. The summed E-state index contributed by atoms with van der Waals surface area (Å²) in [4.78, 5) is 12.2. The van der Waals surface area contributed by atoms with Crippen molar-refractivity contribution < 1.29 is 9.90 Å². The molecule has 0 heterocycles.